The fourth-order valence-electron chi connectivity index (χ4n) is 2.88. The van der Waals surface area contributed by atoms with E-state index >= 15 is 0 Å². The standard InChI is InChI=1S/C19H29N5O/c1-15-13-16(2)24(22-15)12-8-11-21-19(20-3)23(4)14-17-9-6-7-10-18(17)25-5/h6-7,9-10,13H,8,11-12,14H2,1-5H3,(H,20,21). The summed E-state index contributed by atoms with van der Waals surface area (Å²) in [7, 11) is 5.54. The average molecular weight is 343 g/mol. The molecule has 0 aliphatic rings. The van der Waals surface area contributed by atoms with Crippen molar-refractivity contribution in [3.05, 3.63) is 47.3 Å². The highest BCUT2D eigenvalue weighted by Crippen LogP contribution is 2.18. The maximum Gasteiger partial charge on any atom is 0.193 e. The van der Waals surface area contributed by atoms with Gasteiger partial charge < -0.3 is 15.0 Å². The van der Waals surface area contributed by atoms with Crippen molar-refractivity contribution in [2.45, 2.75) is 33.4 Å². The molecule has 1 heterocycles. The third kappa shape index (κ3) is 5.24. The van der Waals surface area contributed by atoms with Crippen molar-refractivity contribution >= 4 is 5.96 Å². The van der Waals surface area contributed by atoms with Crippen LogP contribution in [0.3, 0.4) is 0 Å². The molecule has 0 amide bonds. The van der Waals surface area contributed by atoms with E-state index in [1.807, 2.05) is 39.2 Å². The Morgan fingerprint density at radius 3 is 2.72 bits per heavy atom. The minimum absolute atomic E-state index is 0.737. The van der Waals surface area contributed by atoms with E-state index in [9.17, 15) is 0 Å². The van der Waals surface area contributed by atoms with E-state index < -0.39 is 0 Å². The third-order valence-corrected chi connectivity index (χ3v) is 4.11. The Morgan fingerprint density at radius 2 is 2.08 bits per heavy atom. The molecule has 136 valence electrons. The van der Waals surface area contributed by atoms with Crippen molar-refractivity contribution in [2.75, 3.05) is 27.7 Å². The second kappa shape index (κ2) is 9.11. The van der Waals surface area contributed by atoms with Crippen molar-refractivity contribution < 1.29 is 4.74 Å². The summed E-state index contributed by atoms with van der Waals surface area (Å²) in [5.41, 5.74) is 3.41. The van der Waals surface area contributed by atoms with Crippen LogP contribution in [-0.4, -0.2) is 48.4 Å². The molecule has 0 spiro atoms. The lowest BCUT2D eigenvalue weighted by Gasteiger charge is -2.23. The van der Waals surface area contributed by atoms with E-state index in [1.54, 1.807) is 7.11 Å². The first kappa shape index (κ1) is 18.8. The van der Waals surface area contributed by atoms with Crippen LogP contribution in [0, 0.1) is 13.8 Å². The largest absolute Gasteiger partial charge is 0.496 e. The molecule has 0 aliphatic carbocycles. The van der Waals surface area contributed by atoms with Gasteiger partial charge in [0.05, 0.1) is 12.8 Å². The lowest BCUT2D eigenvalue weighted by atomic mass is 10.2. The van der Waals surface area contributed by atoms with E-state index in [-0.39, 0.29) is 0 Å². The van der Waals surface area contributed by atoms with Crippen LogP contribution in [0.2, 0.25) is 0 Å². The molecule has 1 aromatic heterocycles. The normalized spacial score (nSPS) is 11.5. The maximum atomic E-state index is 5.42. The molecule has 1 N–H and O–H groups in total. The van der Waals surface area contributed by atoms with E-state index in [2.05, 4.69) is 44.0 Å². The predicted molar refractivity (Wildman–Crippen MR) is 102 cm³/mol. The highest BCUT2D eigenvalue weighted by atomic mass is 16.5. The summed E-state index contributed by atoms with van der Waals surface area (Å²) >= 11 is 0. The van der Waals surface area contributed by atoms with E-state index in [0.29, 0.717) is 0 Å². The zero-order chi connectivity index (χ0) is 18.2. The van der Waals surface area contributed by atoms with Gasteiger partial charge in [-0.2, -0.15) is 5.10 Å². The molecular weight excluding hydrogens is 314 g/mol. The molecule has 1 aromatic carbocycles. The fraction of sp³-hybridized carbons (Fsp3) is 0.474. The molecule has 2 aromatic rings. The van der Waals surface area contributed by atoms with Crippen molar-refractivity contribution in [2.24, 2.45) is 4.99 Å². The summed E-state index contributed by atoms with van der Waals surface area (Å²) in [6.07, 6.45) is 0.990. The van der Waals surface area contributed by atoms with Gasteiger partial charge in [0.2, 0.25) is 0 Å². The summed E-state index contributed by atoms with van der Waals surface area (Å²) in [5, 5.41) is 7.91. The minimum atomic E-state index is 0.737. The van der Waals surface area contributed by atoms with Gasteiger partial charge in [-0.3, -0.25) is 9.67 Å². The van der Waals surface area contributed by atoms with Crippen molar-refractivity contribution in [1.29, 1.82) is 0 Å². The van der Waals surface area contributed by atoms with Crippen LogP contribution < -0.4 is 10.1 Å². The highest BCUT2D eigenvalue weighted by Gasteiger charge is 2.09. The SMILES string of the molecule is CN=C(NCCCn1nc(C)cc1C)N(C)Cc1ccccc1OC. The molecule has 0 bridgehead atoms. The summed E-state index contributed by atoms with van der Waals surface area (Å²) in [5.74, 6) is 1.77. The Morgan fingerprint density at radius 1 is 1.32 bits per heavy atom. The number of aliphatic imine (C=N–C) groups is 1. The van der Waals surface area contributed by atoms with Gasteiger partial charge in [0, 0.05) is 45.0 Å². The number of aromatic nitrogens is 2. The van der Waals surface area contributed by atoms with Crippen molar-refractivity contribution in [3.8, 4) is 5.75 Å². The number of rotatable bonds is 7. The van der Waals surface area contributed by atoms with E-state index in [4.69, 9.17) is 4.74 Å². The van der Waals surface area contributed by atoms with Gasteiger partial charge >= 0.3 is 0 Å². The average Bonchev–Trinajstić information content (AvgIpc) is 2.92. The van der Waals surface area contributed by atoms with Gasteiger partial charge in [0.15, 0.2) is 5.96 Å². The van der Waals surface area contributed by atoms with Crippen molar-refractivity contribution in [1.82, 2.24) is 20.0 Å². The van der Waals surface area contributed by atoms with Gasteiger partial charge in [-0.05, 0) is 32.4 Å². The number of para-hydroxylation sites is 1. The number of ether oxygens (including phenoxy) is 1. The monoisotopic (exact) mass is 343 g/mol. The molecule has 6 nitrogen and oxygen atoms in total. The number of benzene rings is 1. The number of guanidine groups is 1. The zero-order valence-corrected chi connectivity index (χ0v) is 15.9. The Balaban J connectivity index is 1.84. The Hall–Kier alpha value is -2.50. The molecule has 0 saturated heterocycles. The lowest BCUT2D eigenvalue weighted by molar-refractivity contribution is 0.395. The molecule has 6 heteroatoms. The molecule has 0 aliphatic heterocycles. The molecule has 0 radical (unpaired) electrons. The van der Waals surface area contributed by atoms with Crippen LogP contribution in [0.5, 0.6) is 5.75 Å². The molecule has 2 rings (SSSR count). The first-order valence-electron chi connectivity index (χ1n) is 8.60. The van der Waals surface area contributed by atoms with Gasteiger partial charge in [0.25, 0.3) is 0 Å². The quantitative estimate of drug-likeness (QED) is 0.477. The van der Waals surface area contributed by atoms with Gasteiger partial charge in [-0.1, -0.05) is 18.2 Å². The number of hydrogen-bond donors (Lipinski definition) is 1. The summed E-state index contributed by atoms with van der Waals surface area (Å²) in [4.78, 5) is 6.47. The van der Waals surface area contributed by atoms with Crippen LogP contribution in [0.1, 0.15) is 23.4 Å². The van der Waals surface area contributed by atoms with Crippen molar-refractivity contribution in [3.63, 3.8) is 0 Å². The predicted octanol–water partition coefficient (Wildman–Crippen LogP) is 2.61. The molecular formula is C19H29N5O. The number of methoxy groups -OCH3 is 1. The first-order chi connectivity index (χ1) is 12.0. The van der Waals surface area contributed by atoms with Gasteiger partial charge in [-0.25, -0.2) is 0 Å². The zero-order valence-electron chi connectivity index (χ0n) is 15.9. The highest BCUT2D eigenvalue weighted by molar-refractivity contribution is 5.79. The Bertz CT molecular complexity index is 708. The molecule has 0 fully saturated rings. The van der Waals surface area contributed by atoms with Crippen LogP contribution in [0.15, 0.2) is 35.3 Å². The fourth-order valence-corrected chi connectivity index (χ4v) is 2.88. The summed E-state index contributed by atoms with van der Waals surface area (Å²) < 4.78 is 7.48. The molecule has 25 heavy (non-hydrogen) atoms. The summed E-state index contributed by atoms with van der Waals surface area (Å²) in [6, 6.07) is 10.2. The second-order valence-electron chi connectivity index (χ2n) is 6.15. The first-order valence-corrected chi connectivity index (χ1v) is 8.60. The number of nitrogens with one attached hydrogen (secondary N) is 1. The van der Waals surface area contributed by atoms with E-state index in [0.717, 1.165) is 49.0 Å². The smallest absolute Gasteiger partial charge is 0.193 e. The number of nitrogens with zero attached hydrogens (tertiary/aromatic N) is 4. The number of aryl methyl sites for hydroxylation is 3. The van der Waals surface area contributed by atoms with Crippen LogP contribution in [0.25, 0.3) is 0 Å². The molecule has 0 saturated carbocycles. The Kier molecular flexibility index (Phi) is 6.86. The second-order valence-corrected chi connectivity index (χ2v) is 6.15. The molecule has 0 atom stereocenters. The topological polar surface area (TPSA) is 54.7 Å². The third-order valence-electron chi connectivity index (χ3n) is 4.11. The van der Waals surface area contributed by atoms with Crippen LogP contribution in [0.4, 0.5) is 0 Å². The van der Waals surface area contributed by atoms with E-state index in [1.165, 1.54) is 5.69 Å². The number of hydrogen-bond acceptors (Lipinski definition) is 3. The lowest BCUT2D eigenvalue weighted by Crippen LogP contribution is -2.39. The van der Waals surface area contributed by atoms with Gasteiger partial charge in [0.1, 0.15) is 5.75 Å². The van der Waals surface area contributed by atoms with Crippen LogP contribution in [-0.2, 0) is 13.1 Å². The Labute approximate surface area is 150 Å². The minimum Gasteiger partial charge on any atom is -0.496 e. The molecule has 0 unspecified atom stereocenters. The van der Waals surface area contributed by atoms with Crippen LogP contribution >= 0.6 is 0 Å². The maximum absolute atomic E-state index is 5.42. The van der Waals surface area contributed by atoms with Gasteiger partial charge in [-0.15, -0.1) is 0 Å². The summed E-state index contributed by atoms with van der Waals surface area (Å²) in [6.45, 7) is 6.60.